The van der Waals surface area contributed by atoms with Gasteiger partial charge in [-0.15, -0.1) is 0 Å². The molecule has 0 radical (unpaired) electrons. The summed E-state index contributed by atoms with van der Waals surface area (Å²) >= 11 is 0. The number of nitrogens with one attached hydrogen (secondary N) is 1. The Bertz CT molecular complexity index is 570. The predicted molar refractivity (Wildman–Crippen MR) is 81.9 cm³/mol. The number of hydrogen-bond acceptors (Lipinski definition) is 4. The lowest BCUT2D eigenvalue weighted by Crippen LogP contribution is -2.44. The molecule has 0 spiro atoms. The number of likely N-dealkylation sites (tertiary alicyclic amines) is 1. The van der Waals surface area contributed by atoms with E-state index in [1.165, 1.54) is 6.42 Å². The highest BCUT2D eigenvalue weighted by molar-refractivity contribution is 5.84. The minimum atomic E-state index is -0.371. The van der Waals surface area contributed by atoms with Crippen molar-refractivity contribution < 1.29 is 4.79 Å². The summed E-state index contributed by atoms with van der Waals surface area (Å²) in [7, 11) is 0. The van der Waals surface area contributed by atoms with Gasteiger partial charge in [0.05, 0.1) is 5.56 Å². The average Bonchev–Trinajstić information content (AvgIpc) is 2.47. The number of nitrogens with zero attached hydrogens (tertiary/aromatic N) is 3. The van der Waals surface area contributed by atoms with E-state index in [4.69, 9.17) is 0 Å². The predicted octanol–water partition coefficient (Wildman–Crippen LogP) is 2.38. The monoisotopic (exact) mass is 286 g/mol. The number of hydrogen-bond donors (Lipinski definition) is 1. The van der Waals surface area contributed by atoms with Gasteiger partial charge < -0.3 is 10.2 Å². The quantitative estimate of drug-likeness (QED) is 0.926. The largest absolute Gasteiger partial charge is 0.358 e. The van der Waals surface area contributed by atoms with Crippen molar-refractivity contribution in [2.24, 2.45) is 0 Å². The van der Waals surface area contributed by atoms with Crippen molar-refractivity contribution >= 4 is 11.7 Å². The van der Waals surface area contributed by atoms with Crippen LogP contribution in [-0.2, 0) is 4.79 Å². The summed E-state index contributed by atoms with van der Waals surface area (Å²) in [5.74, 6) is 0.590. The Labute approximate surface area is 126 Å². The van der Waals surface area contributed by atoms with E-state index in [0.29, 0.717) is 11.4 Å². The van der Waals surface area contributed by atoms with Crippen LogP contribution in [0.1, 0.15) is 43.0 Å². The first-order valence-corrected chi connectivity index (χ1v) is 7.46. The molecule has 21 heavy (non-hydrogen) atoms. The third-order valence-electron chi connectivity index (χ3n) is 3.85. The molecule has 5 heteroatoms. The van der Waals surface area contributed by atoms with E-state index in [0.717, 1.165) is 37.2 Å². The minimum Gasteiger partial charge on any atom is -0.358 e. The number of carbonyl (C=O) groups excluding carboxylic acids is 1. The SMILES string of the molecule is Cc1cc(C)c(C#N)c(NC(C)C(=O)N2CCCCC2)n1. The van der Waals surface area contributed by atoms with Crippen LogP contribution in [0.4, 0.5) is 5.82 Å². The Kier molecular flexibility index (Phi) is 4.79. The van der Waals surface area contributed by atoms with Gasteiger partial charge in [0.15, 0.2) is 0 Å². The molecule has 1 atom stereocenters. The van der Waals surface area contributed by atoms with Crippen LogP contribution >= 0.6 is 0 Å². The van der Waals surface area contributed by atoms with Crippen molar-refractivity contribution in [1.29, 1.82) is 5.26 Å². The molecule has 0 saturated carbocycles. The lowest BCUT2D eigenvalue weighted by molar-refractivity contribution is -0.132. The van der Waals surface area contributed by atoms with Gasteiger partial charge in [0.25, 0.3) is 0 Å². The highest BCUT2D eigenvalue weighted by atomic mass is 16.2. The van der Waals surface area contributed by atoms with E-state index in [2.05, 4.69) is 16.4 Å². The summed E-state index contributed by atoms with van der Waals surface area (Å²) < 4.78 is 0. The maximum absolute atomic E-state index is 12.4. The summed E-state index contributed by atoms with van der Waals surface area (Å²) in [5, 5.41) is 12.4. The van der Waals surface area contributed by atoms with Gasteiger partial charge in [0, 0.05) is 18.8 Å². The molecule has 1 aliphatic heterocycles. The number of anilines is 1. The molecule has 0 aromatic carbocycles. The maximum atomic E-state index is 12.4. The summed E-state index contributed by atoms with van der Waals surface area (Å²) in [4.78, 5) is 18.7. The van der Waals surface area contributed by atoms with Crippen LogP contribution in [0.5, 0.6) is 0 Å². The van der Waals surface area contributed by atoms with Crippen molar-refractivity contribution in [2.45, 2.75) is 46.1 Å². The molecule has 5 nitrogen and oxygen atoms in total. The zero-order chi connectivity index (χ0) is 15.4. The standard InChI is InChI=1S/C16H22N4O/c1-11-9-12(2)18-15(14(11)10-17)19-13(3)16(21)20-7-5-4-6-8-20/h9,13H,4-8H2,1-3H3,(H,18,19). The molecule has 1 fully saturated rings. The maximum Gasteiger partial charge on any atom is 0.244 e. The second-order valence-electron chi connectivity index (χ2n) is 5.67. The van der Waals surface area contributed by atoms with Crippen molar-refractivity contribution in [1.82, 2.24) is 9.88 Å². The van der Waals surface area contributed by atoms with E-state index in [1.54, 1.807) is 0 Å². The van der Waals surface area contributed by atoms with Gasteiger partial charge in [-0.25, -0.2) is 4.98 Å². The molecule has 1 aromatic rings. The van der Waals surface area contributed by atoms with E-state index in [1.807, 2.05) is 31.7 Å². The first kappa shape index (κ1) is 15.3. The Morgan fingerprint density at radius 1 is 1.38 bits per heavy atom. The Balaban J connectivity index is 2.14. The molecule has 1 amide bonds. The van der Waals surface area contributed by atoms with Gasteiger partial charge in [0.1, 0.15) is 17.9 Å². The molecular formula is C16H22N4O. The van der Waals surface area contributed by atoms with Crippen LogP contribution in [0, 0.1) is 25.2 Å². The molecular weight excluding hydrogens is 264 g/mol. The summed E-state index contributed by atoms with van der Waals surface area (Å²) in [5.41, 5.74) is 2.23. The van der Waals surface area contributed by atoms with Crippen molar-refractivity contribution in [3.63, 3.8) is 0 Å². The van der Waals surface area contributed by atoms with Crippen molar-refractivity contribution in [3.8, 4) is 6.07 Å². The number of pyridine rings is 1. The first-order valence-electron chi connectivity index (χ1n) is 7.46. The Morgan fingerprint density at radius 2 is 2.05 bits per heavy atom. The third-order valence-corrected chi connectivity index (χ3v) is 3.85. The first-order chi connectivity index (χ1) is 10.0. The van der Waals surface area contributed by atoms with E-state index in [-0.39, 0.29) is 11.9 Å². The number of piperidine rings is 1. The summed E-state index contributed by atoms with van der Waals surface area (Å²) in [6.07, 6.45) is 3.34. The molecule has 2 heterocycles. The van der Waals surface area contributed by atoms with Crippen molar-refractivity contribution in [3.05, 3.63) is 22.9 Å². The van der Waals surface area contributed by atoms with E-state index in [9.17, 15) is 10.1 Å². The molecule has 112 valence electrons. The van der Waals surface area contributed by atoms with Crippen LogP contribution in [0.25, 0.3) is 0 Å². The highest BCUT2D eigenvalue weighted by Gasteiger charge is 2.23. The lowest BCUT2D eigenvalue weighted by atomic mass is 10.1. The smallest absolute Gasteiger partial charge is 0.244 e. The number of nitriles is 1. The van der Waals surface area contributed by atoms with Crippen LogP contribution in [0.15, 0.2) is 6.07 Å². The summed E-state index contributed by atoms with van der Waals surface area (Å²) in [6, 6.07) is 3.67. The number of carbonyl (C=O) groups is 1. The van der Waals surface area contributed by atoms with Crippen LogP contribution in [0.3, 0.4) is 0 Å². The molecule has 1 N–H and O–H groups in total. The summed E-state index contributed by atoms with van der Waals surface area (Å²) in [6.45, 7) is 7.26. The molecule has 0 aliphatic carbocycles. The highest BCUT2D eigenvalue weighted by Crippen LogP contribution is 2.19. The van der Waals surface area contributed by atoms with Gasteiger partial charge in [-0.2, -0.15) is 5.26 Å². The Morgan fingerprint density at radius 3 is 2.67 bits per heavy atom. The number of aromatic nitrogens is 1. The van der Waals surface area contributed by atoms with Gasteiger partial charge in [0.2, 0.25) is 5.91 Å². The number of rotatable bonds is 3. The van der Waals surface area contributed by atoms with Gasteiger partial charge >= 0.3 is 0 Å². The fraction of sp³-hybridized carbons (Fsp3) is 0.562. The number of amides is 1. The average molecular weight is 286 g/mol. The van der Waals surface area contributed by atoms with E-state index < -0.39 is 0 Å². The van der Waals surface area contributed by atoms with Gasteiger partial charge in [-0.1, -0.05) is 0 Å². The number of aryl methyl sites for hydroxylation is 2. The fourth-order valence-electron chi connectivity index (χ4n) is 2.74. The topological polar surface area (TPSA) is 69.0 Å². The molecule has 2 rings (SSSR count). The second kappa shape index (κ2) is 6.57. The second-order valence-corrected chi connectivity index (χ2v) is 5.67. The van der Waals surface area contributed by atoms with E-state index >= 15 is 0 Å². The zero-order valence-electron chi connectivity index (χ0n) is 12.9. The van der Waals surface area contributed by atoms with Gasteiger partial charge in [-0.05, 0) is 51.7 Å². The van der Waals surface area contributed by atoms with Crippen molar-refractivity contribution in [2.75, 3.05) is 18.4 Å². The molecule has 1 aromatic heterocycles. The fourth-order valence-corrected chi connectivity index (χ4v) is 2.74. The molecule has 1 aliphatic rings. The normalized spacial score (nSPS) is 16.2. The van der Waals surface area contributed by atoms with Gasteiger partial charge in [-0.3, -0.25) is 4.79 Å². The molecule has 0 bridgehead atoms. The third kappa shape index (κ3) is 3.52. The minimum absolute atomic E-state index is 0.0829. The molecule has 1 saturated heterocycles. The van der Waals surface area contributed by atoms with Crippen LogP contribution in [-0.4, -0.2) is 34.9 Å². The zero-order valence-corrected chi connectivity index (χ0v) is 12.9. The van der Waals surface area contributed by atoms with Crippen LogP contribution < -0.4 is 5.32 Å². The van der Waals surface area contributed by atoms with Crippen LogP contribution in [0.2, 0.25) is 0 Å². The molecule has 1 unspecified atom stereocenters. The lowest BCUT2D eigenvalue weighted by Gasteiger charge is -2.29. The Hall–Kier alpha value is -2.09.